The van der Waals surface area contributed by atoms with Gasteiger partial charge in [0.2, 0.25) is 0 Å². The van der Waals surface area contributed by atoms with Crippen LogP contribution < -0.4 is 11.1 Å². The SMILES string of the molecule is CSCCCCNc1cc(C)c(F)cc1N. The van der Waals surface area contributed by atoms with Crippen LogP contribution in [-0.2, 0) is 0 Å². The van der Waals surface area contributed by atoms with Crippen LogP contribution in [0.15, 0.2) is 12.1 Å². The summed E-state index contributed by atoms with van der Waals surface area (Å²) >= 11 is 1.85. The minimum absolute atomic E-state index is 0.245. The van der Waals surface area contributed by atoms with Crippen molar-refractivity contribution < 1.29 is 4.39 Å². The van der Waals surface area contributed by atoms with E-state index in [1.807, 2.05) is 11.8 Å². The molecule has 0 amide bonds. The van der Waals surface area contributed by atoms with Gasteiger partial charge in [-0.3, -0.25) is 0 Å². The van der Waals surface area contributed by atoms with E-state index >= 15 is 0 Å². The number of nitrogens with one attached hydrogen (secondary N) is 1. The Balaban J connectivity index is 2.45. The van der Waals surface area contributed by atoms with Crippen LogP contribution in [0.3, 0.4) is 0 Å². The van der Waals surface area contributed by atoms with Crippen LogP contribution in [0.25, 0.3) is 0 Å². The summed E-state index contributed by atoms with van der Waals surface area (Å²) in [5.74, 6) is 0.935. The van der Waals surface area contributed by atoms with Gasteiger partial charge in [-0.25, -0.2) is 4.39 Å². The Morgan fingerprint density at radius 2 is 2.12 bits per heavy atom. The second-order valence-electron chi connectivity index (χ2n) is 3.82. The van der Waals surface area contributed by atoms with Gasteiger partial charge in [-0.2, -0.15) is 11.8 Å². The van der Waals surface area contributed by atoms with E-state index in [1.165, 1.54) is 18.2 Å². The van der Waals surface area contributed by atoms with Crippen LogP contribution in [0.1, 0.15) is 18.4 Å². The van der Waals surface area contributed by atoms with Crippen molar-refractivity contribution in [3.63, 3.8) is 0 Å². The fourth-order valence-electron chi connectivity index (χ4n) is 1.44. The van der Waals surface area contributed by atoms with Crippen LogP contribution in [0.5, 0.6) is 0 Å². The molecule has 3 N–H and O–H groups in total. The number of unbranched alkanes of at least 4 members (excludes halogenated alkanes) is 1. The molecule has 0 saturated carbocycles. The maximum atomic E-state index is 13.1. The zero-order valence-corrected chi connectivity index (χ0v) is 10.7. The number of rotatable bonds is 6. The van der Waals surface area contributed by atoms with Gasteiger partial charge in [0, 0.05) is 6.54 Å². The molecule has 1 rings (SSSR count). The Morgan fingerprint density at radius 1 is 1.38 bits per heavy atom. The van der Waals surface area contributed by atoms with E-state index in [1.54, 1.807) is 13.0 Å². The third kappa shape index (κ3) is 3.93. The zero-order valence-electron chi connectivity index (χ0n) is 9.85. The summed E-state index contributed by atoms with van der Waals surface area (Å²) in [6.45, 7) is 2.63. The molecule has 0 fully saturated rings. The molecule has 2 nitrogen and oxygen atoms in total. The van der Waals surface area contributed by atoms with Crippen molar-refractivity contribution in [2.45, 2.75) is 19.8 Å². The van der Waals surface area contributed by atoms with Gasteiger partial charge < -0.3 is 11.1 Å². The van der Waals surface area contributed by atoms with E-state index in [9.17, 15) is 4.39 Å². The van der Waals surface area contributed by atoms with Crippen LogP contribution in [-0.4, -0.2) is 18.6 Å². The first kappa shape index (κ1) is 13.2. The van der Waals surface area contributed by atoms with Gasteiger partial charge in [0.15, 0.2) is 0 Å². The van der Waals surface area contributed by atoms with Crippen molar-refractivity contribution in [2.75, 3.05) is 29.6 Å². The van der Waals surface area contributed by atoms with Crippen LogP contribution >= 0.6 is 11.8 Å². The summed E-state index contributed by atoms with van der Waals surface area (Å²) < 4.78 is 13.1. The van der Waals surface area contributed by atoms with Gasteiger partial charge in [-0.05, 0) is 49.5 Å². The highest BCUT2D eigenvalue weighted by atomic mass is 32.2. The van der Waals surface area contributed by atoms with E-state index in [0.29, 0.717) is 11.3 Å². The van der Waals surface area contributed by atoms with Crippen molar-refractivity contribution in [3.05, 3.63) is 23.5 Å². The highest BCUT2D eigenvalue weighted by Crippen LogP contribution is 2.22. The molecule has 0 saturated heterocycles. The Morgan fingerprint density at radius 3 is 2.81 bits per heavy atom. The lowest BCUT2D eigenvalue weighted by Crippen LogP contribution is -2.05. The molecule has 0 aliphatic carbocycles. The molecule has 0 spiro atoms. The average molecular weight is 242 g/mol. The predicted molar refractivity (Wildman–Crippen MR) is 71.7 cm³/mol. The quantitative estimate of drug-likeness (QED) is 0.594. The topological polar surface area (TPSA) is 38.0 Å². The third-order valence-corrected chi connectivity index (χ3v) is 3.12. The van der Waals surface area contributed by atoms with E-state index in [4.69, 9.17) is 5.73 Å². The number of benzene rings is 1. The first-order valence-corrected chi connectivity index (χ1v) is 6.83. The minimum atomic E-state index is -0.245. The van der Waals surface area contributed by atoms with Gasteiger partial charge in [0.1, 0.15) is 5.82 Å². The molecule has 1 aromatic rings. The molecular formula is C12H19FN2S. The molecule has 0 heterocycles. The Bertz CT molecular complexity index is 342. The lowest BCUT2D eigenvalue weighted by molar-refractivity contribution is 0.619. The lowest BCUT2D eigenvalue weighted by Gasteiger charge is -2.10. The fraction of sp³-hybridized carbons (Fsp3) is 0.500. The number of nitrogen functional groups attached to an aromatic ring is 1. The van der Waals surface area contributed by atoms with Crippen molar-refractivity contribution in [2.24, 2.45) is 0 Å². The van der Waals surface area contributed by atoms with Crippen molar-refractivity contribution in [1.82, 2.24) is 0 Å². The Hall–Kier alpha value is -0.900. The number of thioether (sulfide) groups is 1. The van der Waals surface area contributed by atoms with Gasteiger partial charge in [0.25, 0.3) is 0 Å². The number of hydrogen-bond acceptors (Lipinski definition) is 3. The molecule has 16 heavy (non-hydrogen) atoms. The van der Waals surface area contributed by atoms with Gasteiger partial charge in [-0.1, -0.05) is 0 Å². The van der Waals surface area contributed by atoms with Gasteiger partial charge >= 0.3 is 0 Å². The molecule has 0 aliphatic rings. The van der Waals surface area contributed by atoms with Crippen LogP contribution in [0.4, 0.5) is 15.8 Å². The number of nitrogens with two attached hydrogens (primary N) is 1. The van der Waals surface area contributed by atoms with Crippen LogP contribution in [0, 0.1) is 12.7 Å². The smallest absolute Gasteiger partial charge is 0.128 e. The average Bonchev–Trinajstić information content (AvgIpc) is 2.25. The largest absolute Gasteiger partial charge is 0.397 e. The van der Waals surface area contributed by atoms with E-state index < -0.39 is 0 Å². The third-order valence-electron chi connectivity index (χ3n) is 2.42. The first-order chi connectivity index (χ1) is 7.65. The summed E-state index contributed by atoms with van der Waals surface area (Å²) in [6.07, 6.45) is 4.40. The monoisotopic (exact) mass is 242 g/mol. The first-order valence-electron chi connectivity index (χ1n) is 5.43. The highest BCUT2D eigenvalue weighted by molar-refractivity contribution is 7.98. The minimum Gasteiger partial charge on any atom is -0.397 e. The van der Waals surface area contributed by atoms with Crippen molar-refractivity contribution in [3.8, 4) is 0 Å². The zero-order chi connectivity index (χ0) is 12.0. The molecule has 0 aliphatic heterocycles. The standard InChI is InChI=1S/C12H19FN2S/c1-9-7-12(11(14)8-10(9)13)15-5-3-4-6-16-2/h7-8,15H,3-6,14H2,1-2H3. The summed E-state index contributed by atoms with van der Waals surface area (Å²) in [7, 11) is 0. The maximum absolute atomic E-state index is 13.1. The number of hydrogen-bond donors (Lipinski definition) is 2. The summed E-state index contributed by atoms with van der Waals surface area (Å²) in [5.41, 5.74) is 7.67. The van der Waals surface area contributed by atoms with Crippen LogP contribution in [0.2, 0.25) is 0 Å². The molecule has 4 heteroatoms. The molecule has 0 atom stereocenters. The number of halogens is 1. The lowest BCUT2D eigenvalue weighted by atomic mass is 10.1. The Labute approximate surface area is 101 Å². The summed E-state index contributed by atoms with van der Waals surface area (Å²) in [6, 6.07) is 3.14. The molecule has 90 valence electrons. The summed E-state index contributed by atoms with van der Waals surface area (Å²) in [5, 5.41) is 3.24. The summed E-state index contributed by atoms with van der Waals surface area (Å²) in [4.78, 5) is 0. The fourth-order valence-corrected chi connectivity index (χ4v) is 1.94. The number of anilines is 2. The highest BCUT2D eigenvalue weighted by Gasteiger charge is 2.03. The molecule has 0 aromatic heterocycles. The van der Waals surface area contributed by atoms with Crippen molar-refractivity contribution in [1.29, 1.82) is 0 Å². The predicted octanol–water partition coefficient (Wildman–Crippen LogP) is 3.27. The van der Waals surface area contributed by atoms with E-state index in [0.717, 1.165) is 18.7 Å². The van der Waals surface area contributed by atoms with Gasteiger partial charge in [-0.15, -0.1) is 0 Å². The maximum Gasteiger partial charge on any atom is 0.128 e. The second-order valence-corrected chi connectivity index (χ2v) is 4.80. The van der Waals surface area contributed by atoms with E-state index in [-0.39, 0.29) is 5.82 Å². The van der Waals surface area contributed by atoms with E-state index in [2.05, 4.69) is 11.6 Å². The molecular weight excluding hydrogens is 223 g/mol. The van der Waals surface area contributed by atoms with Gasteiger partial charge in [0.05, 0.1) is 11.4 Å². The molecule has 0 unspecified atom stereocenters. The second kappa shape index (κ2) is 6.63. The number of aryl methyl sites for hydroxylation is 1. The molecule has 0 bridgehead atoms. The normalized spacial score (nSPS) is 10.4. The Kier molecular flexibility index (Phi) is 5.46. The molecule has 1 aromatic carbocycles. The van der Waals surface area contributed by atoms with Crippen molar-refractivity contribution >= 4 is 23.1 Å². The molecule has 0 radical (unpaired) electrons.